The average molecular weight is 455 g/mol. The van der Waals surface area contributed by atoms with Gasteiger partial charge in [0.2, 0.25) is 15.9 Å². The normalized spacial score (nSPS) is 16.3. The fourth-order valence-electron chi connectivity index (χ4n) is 4.52. The van der Waals surface area contributed by atoms with Crippen LogP contribution in [0.5, 0.6) is 0 Å². The summed E-state index contributed by atoms with van der Waals surface area (Å²) in [5.74, 6) is 0.861. The molecular weight excluding hydrogens is 424 g/mol. The van der Waals surface area contributed by atoms with Crippen LogP contribution in [0.15, 0.2) is 47.4 Å². The summed E-state index contributed by atoms with van der Waals surface area (Å²) in [6.45, 7) is 0. The number of benzene rings is 2. The molecule has 1 heterocycles. The lowest BCUT2D eigenvalue weighted by Crippen LogP contribution is -2.33. The standard InChI is InChI=1S/C24H30N4O3S/c1-26(2)32(30,31)18-12-13-22-20(16-18)25-23(27(22)3)14-15-24(29)28(4)21-11-7-9-17-8-5-6-10-19(17)21/h5-6,8,10,12-13,16,21H,7,9,11,14-15H2,1-4H3. The zero-order valence-corrected chi connectivity index (χ0v) is 19.9. The number of aromatic nitrogens is 2. The Morgan fingerprint density at radius 2 is 1.91 bits per heavy atom. The van der Waals surface area contributed by atoms with Gasteiger partial charge in [-0.3, -0.25) is 4.79 Å². The highest BCUT2D eigenvalue weighted by atomic mass is 32.2. The Hall–Kier alpha value is -2.71. The number of imidazole rings is 1. The zero-order chi connectivity index (χ0) is 23.0. The van der Waals surface area contributed by atoms with Gasteiger partial charge in [0.25, 0.3) is 0 Å². The first-order chi connectivity index (χ1) is 15.2. The number of hydrogen-bond acceptors (Lipinski definition) is 4. The van der Waals surface area contributed by atoms with Crippen LogP contribution >= 0.6 is 0 Å². The van der Waals surface area contributed by atoms with Gasteiger partial charge in [-0.25, -0.2) is 17.7 Å². The third-order valence-corrected chi connectivity index (χ3v) is 8.30. The largest absolute Gasteiger partial charge is 0.339 e. The van der Waals surface area contributed by atoms with Gasteiger partial charge in [0.15, 0.2) is 0 Å². The molecule has 2 aromatic carbocycles. The summed E-state index contributed by atoms with van der Waals surface area (Å²) in [5.41, 5.74) is 4.06. The molecule has 0 aliphatic heterocycles. The van der Waals surface area contributed by atoms with Crippen LogP contribution in [-0.4, -0.2) is 54.2 Å². The van der Waals surface area contributed by atoms with Crippen LogP contribution in [0.3, 0.4) is 0 Å². The highest BCUT2D eigenvalue weighted by Gasteiger charge is 2.26. The molecule has 8 heteroatoms. The maximum atomic E-state index is 13.0. The Morgan fingerprint density at radius 3 is 2.66 bits per heavy atom. The number of sulfonamides is 1. The molecule has 0 N–H and O–H groups in total. The minimum Gasteiger partial charge on any atom is -0.339 e. The highest BCUT2D eigenvalue weighted by Crippen LogP contribution is 2.33. The Balaban J connectivity index is 1.51. The molecule has 0 bridgehead atoms. The maximum absolute atomic E-state index is 13.0. The van der Waals surface area contributed by atoms with E-state index in [1.807, 2.05) is 29.6 Å². The summed E-state index contributed by atoms with van der Waals surface area (Å²) in [6.07, 6.45) is 3.99. The fourth-order valence-corrected chi connectivity index (χ4v) is 5.45. The summed E-state index contributed by atoms with van der Waals surface area (Å²) in [5, 5.41) is 0. The van der Waals surface area contributed by atoms with Crippen LogP contribution in [0.25, 0.3) is 11.0 Å². The van der Waals surface area contributed by atoms with Crippen molar-refractivity contribution in [2.24, 2.45) is 7.05 Å². The molecule has 170 valence electrons. The van der Waals surface area contributed by atoms with E-state index in [1.54, 1.807) is 18.2 Å². The van der Waals surface area contributed by atoms with Crippen LogP contribution in [0.1, 0.15) is 42.3 Å². The van der Waals surface area contributed by atoms with Gasteiger partial charge < -0.3 is 9.47 Å². The fraction of sp³-hybridized carbons (Fsp3) is 0.417. The van der Waals surface area contributed by atoms with Crippen molar-refractivity contribution < 1.29 is 13.2 Å². The van der Waals surface area contributed by atoms with E-state index in [9.17, 15) is 13.2 Å². The van der Waals surface area contributed by atoms with Gasteiger partial charge in [0, 0.05) is 41.0 Å². The lowest BCUT2D eigenvalue weighted by atomic mass is 9.87. The lowest BCUT2D eigenvalue weighted by Gasteiger charge is -2.33. The molecule has 0 saturated carbocycles. The van der Waals surface area contributed by atoms with E-state index in [2.05, 4.69) is 23.2 Å². The summed E-state index contributed by atoms with van der Waals surface area (Å²) in [4.78, 5) is 19.7. The van der Waals surface area contributed by atoms with Crippen LogP contribution in [-0.2, 0) is 34.7 Å². The molecule has 32 heavy (non-hydrogen) atoms. The van der Waals surface area contributed by atoms with Gasteiger partial charge in [-0.1, -0.05) is 24.3 Å². The van der Waals surface area contributed by atoms with Gasteiger partial charge in [-0.05, 0) is 48.6 Å². The number of fused-ring (bicyclic) bond motifs is 2. The monoisotopic (exact) mass is 454 g/mol. The number of amides is 1. The van der Waals surface area contributed by atoms with Crippen molar-refractivity contribution in [1.82, 2.24) is 18.8 Å². The first kappa shape index (κ1) is 22.5. The number of hydrogen-bond donors (Lipinski definition) is 0. The zero-order valence-electron chi connectivity index (χ0n) is 19.1. The molecule has 1 amide bonds. The van der Waals surface area contributed by atoms with Crippen molar-refractivity contribution in [2.45, 2.75) is 43.0 Å². The number of aryl methyl sites for hydroxylation is 3. The van der Waals surface area contributed by atoms with Crippen LogP contribution in [0, 0.1) is 0 Å². The Morgan fingerprint density at radius 1 is 1.16 bits per heavy atom. The number of nitrogens with zero attached hydrogens (tertiary/aromatic N) is 4. The topological polar surface area (TPSA) is 75.5 Å². The lowest BCUT2D eigenvalue weighted by molar-refractivity contribution is -0.132. The summed E-state index contributed by atoms with van der Waals surface area (Å²) < 4.78 is 28.0. The smallest absolute Gasteiger partial charge is 0.242 e. The van der Waals surface area contributed by atoms with E-state index in [-0.39, 0.29) is 16.8 Å². The maximum Gasteiger partial charge on any atom is 0.242 e. The predicted octanol–water partition coefficient (Wildman–Crippen LogP) is 3.29. The second kappa shape index (κ2) is 8.67. The van der Waals surface area contributed by atoms with Crippen molar-refractivity contribution >= 4 is 27.0 Å². The molecule has 0 fully saturated rings. The molecule has 3 aromatic rings. The van der Waals surface area contributed by atoms with E-state index in [0.717, 1.165) is 30.6 Å². The van der Waals surface area contributed by atoms with Crippen LogP contribution < -0.4 is 0 Å². The third kappa shape index (κ3) is 4.04. The first-order valence-electron chi connectivity index (χ1n) is 10.9. The number of carbonyl (C=O) groups excluding carboxylic acids is 1. The van der Waals surface area contributed by atoms with Crippen molar-refractivity contribution in [3.05, 3.63) is 59.4 Å². The van der Waals surface area contributed by atoms with Crippen molar-refractivity contribution in [3.8, 4) is 0 Å². The molecule has 4 rings (SSSR count). The van der Waals surface area contributed by atoms with E-state index in [4.69, 9.17) is 0 Å². The molecule has 0 radical (unpaired) electrons. The molecule has 1 aliphatic rings. The Kier molecular flexibility index (Phi) is 6.09. The van der Waals surface area contributed by atoms with E-state index < -0.39 is 10.0 Å². The van der Waals surface area contributed by atoms with E-state index in [1.165, 1.54) is 29.5 Å². The van der Waals surface area contributed by atoms with E-state index in [0.29, 0.717) is 18.4 Å². The summed E-state index contributed by atoms with van der Waals surface area (Å²) >= 11 is 0. The van der Waals surface area contributed by atoms with Gasteiger partial charge in [0.05, 0.1) is 22.0 Å². The third-order valence-electron chi connectivity index (χ3n) is 6.48. The number of carbonyl (C=O) groups is 1. The summed E-state index contributed by atoms with van der Waals surface area (Å²) in [6, 6.07) is 13.5. The summed E-state index contributed by atoms with van der Waals surface area (Å²) in [7, 11) is 3.29. The van der Waals surface area contributed by atoms with Crippen molar-refractivity contribution in [1.29, 1.82) is 0 Å². The van der Waals surface area contributed by atoms with Crippen molar-refractivity contribution in [2.75, 3.05) is 21.1 Å². The van der Waals surface area contributed by atoms with Crippen LogP contribution in [0.4, 0.5) is 0 Å². The predicted molar refractivity (Wildman–Crippen MR) is 125 cm³/mol. The molecule has 1 aromatic heterocycles. The quantitative estimate of drug-likeness (QED) is 0.573. The van der Waals surface area contributed by atoms with Gasteiger partial charge >= 0.3 is 0 Å². The van der Waals surface area contributed by atoms with Crippen molar-refractivity contribution in [3.63, 3.8) is 0 Å². The Bertz CT molecular complexity index is 1260. The molecule has 1 atom stereocenters. The minimum atomic E-state index is -3.52. The number of rotatable bonds is 6. The molecule has 0 saturated heterocycles. The van der Waals surface area contributed by atoms with E-state index >= 15 is 0 Å². The molecule has 1 aliphatic carbocycles. The second-order valence-corrected chi connectivity index (χ2v) is 10.8. The molecule has 7 nitrogen and oxygen atoms in total. The highest BCUT2D eigenvalue weighted by molar-refractivity contribution is 7.89. The van der Waals surface area contributed by atoms with Gasteiger partial charge in [-0.15, -0.1) is 0 Å². The SMILES string of the molecule is CN(C(=O)CCc1nc2cc(S(=O)(=O)N(C)C)ccc2n1C)C1CCCc2ccccc21. The molecule has 1 unspecified atom stereocenters. The Labute approximate surface area is 189 Å². The van der Waals surface area contributed by atoms with Gasteiger partial charge in [0.1, 0.15) is 5.82 Å². The van der Waals surface area contributed by atoms with Crippen LogP contribution in [0.2, 0.25) is 0 Å². The molecular formula is C24H30N4O3S. The van der Waals surface area contributed by atoms with Gasteiger partial charge in [-0.2, -0.15) is 0 Å². The average Bonchev–Trinajstić information content (AvgIpc) is 3.11. The second-order valence-electron chi connectivity index (χ2n) is 8.64. The first-order valence-corrected chi connectivity index (χ1v) is 12.4. The molecule has 0 spiro atoms. The minimum absolute atomic E-state index is 0.0923.